The van der Waals surface area contributed by atoms with E-state index < -0.39 is 18.0 Å². The maximum absolute atomic E-state index is 11.8. The Morgan fingerprint density at radius 3 is 2.60 bits per heavy atom. The molecule has 0 saturated heterocycles. The number of rotatable bonds is 4. The number of nitrogens with zero attached hydrogens (tertiary/aromatic N) is 3. The molecule has 1 atom stereocenters. The third-order valence-electron chi connectivity index (χ3n) is 3.38. The molecule has 2 rings (SSSR count). The number of amides is 2. The molecule has 20 heavy (non-hydrogen) atoms. The Morgan fingerprint density at radius 2 is 2.00 bits per heavy atom. The molecular weight excluding hydrogens is 262 g/mol. The molecule has 1 heterocycles. The molecule has 3 N–H and O–H groups in total. The first kappa shape index (κ1) is 14.2. The van der Waals surface area contributed by atoms with Crippen molar-refractivity contribution >= 4 is 17.9 Å². The molecule has 8 heteroatoms. The molecule has 1 unspecified atom stereocenters. The van der Waals surface area contributed by atoms with E-state index in [0.717, 1.165) is 32.1 Å². The largest absolute Gasteiger partial charge is 0.480 e. The smallest absolute Gasteiger partial charge is 0.326 e. The van der Waals surface area contributed by atoms with Crippen molar-refractivity contribution in [1.82, 2.24) is 20.5 Å². The average Bonchev–Trinajstić information content (AvgIpc) is 2.46. The van der Waals surface area contributed by atoms with Gasteiger partial charge in [-0.25, -0.2) is 14.6 Å². The molecule has 0 aromatic carbocycles. The zero-order valence-electron chi connectivity index (χ0n) is 11.0. The van der Waals surface area contributed by atoms with Gasteiger partial charge >= 0.3 is 12.0 Å². The Morgan fingerprint density at radius 1 is 1.25 bits per heavy atom. The number of aliphatic carboxylic acids is 1. The number of hydrogen-bond donors (Lipinski definition) is 3. The molecule has 108 valence electrons. The fourth-order valence-electron chi connectivity index (χ4n) is 2.43. The minimum Gasteiger partial charge on any atom is -0.480 e. The van der Waals surface area contributed by atoms with Gasteiger partial charge in [0.1, 0.15) is 6.04 Å². The fraction of sp³-hybridized carbons (Fsp3) is 0.583. The summed E-state index contributed by atoms with van der Waals surface area (Å²) < 4.78 is 0. The molecule has 0 radical (unpaired) electrons. The van der Waals surface area contributed by atoms with E-state index in [1.54, 1.807) is 0 Å². The number of aromatic nitrogens is 3. The third kappa shape index (κ3) is 3.87. The molecule has 0 aliphatic heterocycles. The van der Waals surface area contributed by atoms with E-state index in [-0.39, 0.29) is 11.9 Å². The second-order valence-electron chi connectivity index (χ2n) is 4.78. The van der Waals surface area contributed by atoms with Gasteiger partial charge < -0.3 is 10.4 Å². The van der Waals surface area contributed by atoms with E-state index >= 15 is 0 Å². The molecular formula is C12H17N5O3. The number of urea groups is 1. The lowest BCUT2D eigenvalue weighted by molar-refractivity contribution is -0.141. The maximum atomic E-state index is 11.8. The summed E-state index contributed by atoms with van der Waals surface area (Å²) in [5, 5.41) is 21.3. The van der Waals surface area contributed by atoms with Crippen LogP contribution in [0.1, 0.15) is 32.1 Å². The number of carbonyl (C=O) groups is 2. The van der Waals surface area contributed by atoms with Crippen LogP contribution in [0.4, 0.5) is 10.7 Å². The lowest BCUT2D eigenvalue weighted by Gasteiger charge is -2.27. The Hall–Kier alpha value is -2.25. The van der Waals surface area contributed by atoms with Crippen LogP contribution in [0.25, 0.3) is 0 Å². The van der Waals surface area contributed by atoms with E-state index in [4.69, 9.17) is 0 Å². The molecule has 1 saturated carbocycles. The zero-order chi connectivity index (χ0) is 14.4. The van der Waals surface area contributed by atoms with Gasteiger partial charge in [0.2, 0.25) is 0 Å². The number of nitrogens with one attached hydrogen (secondary N) is 2. The van der Waals surface area contributed by atoms with Crippen LogP contribution in [0.3, 0.4) is 0 Å². The van der Waals surface area contributed by atoms with Gasteiger partial charge in [-0.2, -0.15) is 5.10 Å². The monoisotopic (exact) mass is 279 g/mol. The molecule has 2 amide bonds. The van der Waals surface area contributed by atoms with E-state index in [9.17, 15) is 14.7 Å². The number of anilines is 1. The highest BCUT2D eigenvalue weighted by molar-refractivity contribution is 5.90. The molecule has 0 bridgehead atoms. The van der Waals surface area contributed by atoms with Gasteiger partial charge in [0.05, 0.1) is 12.4 Å². The summed E-state index contributed by atoms with van der Waals surface area (Å²) >= 11 is 0. The Balaban J connectivity index is 1.93. The van der Waals surface area contributed by atoms with Gasteiger partial charge in [-0.05, 0) is 18.8 Å². The summed E-state index contributed by atoms with van der Waals surface area (Å²) in [5.41, 5.74) is 0. The highest BCUT2D eigenvalue weighted by atomic mass is 16.4. The van der Waals surface area contributed by atoms with Crippen LogP contribution >= 0.6 is 0 Å². The van der Waals surface area contributed by atoms with Crippen molar-refractivity contribution in [1.29, 1.82) is 0 Å². The van der Waals surface area contributed by atoms with Crippen molar-refractivity contribution in [2.24, 2.45) is 5.92 Å². The summed E-state index contributed by atoms with van der Waals surface area (Å²) in [5.74, 6) is -1.00. The van der Waals surface area contributed by atoms with Gasteiger partial charge in [-0.1, -0.05) is 19.3 Å². The second kappa shape index (κ2) is 6.78. The highest BCUT2D eigenvalue weighted by Gasteiger charge is 2.30. The number of hydrogen-bond acceptors (Lipinski definition) is 5. The molecule has 1 fully saturated rings. The molecule has 1 aromatic heterocycles. The SMILES string of the molecule is O=C(Nc1nccnn1)NC(C(=O)O)C1CCCCC1. The van der Waals surface area contributed by atoms with E-state index in [0.29, 0.717) is 0 Å². The Labute approximate surface area is 116 Å². The summed E-state index contributed by atoms with van der Waals surface area (Å²) in [4.78, 5) is 26.9. The summed E-state index contributed by atoms with van der Waals surface area (Å²) in [7, 11) is 0. The molecule has 0 spiro atoms. The van der Waals surface area contributed by atoms with Crippen LogP contribution in [0.5, 0.6) is 0 Å². The van der Waals surface area contributed by atoms with Gasteiger partial charge in [0.25, 0.3) is 5.95 Å². The van der Waals surface area contributed by atoms with Crippen molar-refractivity contribution in [3.8, 4) is 0 Å². The topological polar surface area (TPSA) is 117 Å². The summed E-state index contributed by atoms with van der Waals surface area (Å²) in [6, 6.07) is -1.51. The number of carbonyl (C=O) groups excluding carboxylic acids is 1. The highest BCUT2D eigenvalue weighted by Crippen LogP contribution is 2.26. The van der Waals surface area contributed by atoms with Crippen molar-refractivity contribution in [3.05, 3.63) is 12.4 Å². The quantitative estimate of drug-likeness (QED) is 0.757. The van der Waals surface area contributed by atoms with E-state index in [2.05, 4.69) is 25.8 Å². The molecule has 1 aliphatic rings. The third-order valence-corrected chi connectivity index (χ3v) is 3.38. The lowest BCUT2D eigenvalue weighted by Crippen LogP contribution is -2.48. The van der Waals surface area contributed by atoms with E-state index in [1.807, 2.05) is 0 Å². The first-order valence-corrected chi connectivity index (χ1v) is 6.61. The maximum Gasteiger partial charge on any atom is 0.326 e. The van der Waals surface area contributed by atoms with Crippen LogP contribution in [0, 0.1) is 5.92 Å². The number of carboxylic acid groups (broad SMARTS) is 1. The van der Waals surface area contributed by atoms with Gasteiger partial charge in [-0.15, -0.1) is 5.10 Å². The van der Waals surface area contributed by atoms with Gasteiger partial charge in [-0.3, -0.25) is 5.32 Å². The molecule has 1 aromatic rings. The molecule has 1 aliphatic carbocycles. The standard InChI is InChI=1S/C12H17N5O3/c18-10(19)9(8-4-2-1-3-5-8)15-12(20)16-11-13-6-7-14-17-11/h6-9H,1-5H2,(H,18,19)(H2,13,15,16,17,20). The minimum atomic E-state index is -1.01. The Kier molecular flexibility index (Phi) is 4.80. The predicted molar refractivity (Wildman–Crippen MR) is 70.0 cm³/mol. The second-order valence-corrected chi connectivity index (χ2v) is 4.78. The van der Waals surface area contributed by atoms with Crippen molar-refractivity contribution in [3.63, 3.8) is 0 Å². The van der Waals surface area contributed by atoms with Crippen LogP contribution in [0.2, 0.25) is 0 Å². The van der Waals surface area contributed by atoms with Gasteiger partial charge in [0, 0.05) is 0 Å². The summed E-state index contributed by atoms with van der Waals surface area (Å²) in [6.07, 6.45) is 7.54. The number of carboxylic acids is 1. The van der Waals surface area contributed by atoms with Crippen LogP contribution in [-0.2, 0) is 4.79 Å². The lowest BCUT2D eigenvalue weighted by atomic mass is 9.84. The fourth-order valence-corrected chi connectivity index (χ4v) is 2.43. The average molecular weight is 279 g/mol. The van der Waals surface area contributed by atoms with Crippen molar-refractivity contribution in [2.45, 2.75) is 38.1 Å². The first-order valence-electron chi connectivity index (χ1n) is 6.61. The first-order chi connectivity index (χ1) is 9.66. The van der Waals surface area contributed by atoms with Crippen molar-refractivity contribution in [2.75, 3.05) is 5.32 Å². The van der Waals surface area contributed by atoms with E-state index in [1.165, 1.54) is 12.4 Å². The van der Waals surface area contributed by atoms with Crippen molar-refractivity contribution < 1.29 is 14.7 Å². The minimum absolute atomic E-state index is 0.0261. The van der Waals surface area contributed by atoms with Crippen LogP contribution in [0.15, 0.2) is 12.4 Å². The normalized spacial score (nSPS) is 17.2. The van der Waals surface area contributed by atoms with Gasteiger partial charge in [0.15, 0.2) is 0 Å². The summed E-state index contributed by atoms with van der Waals surface area (Å²) in [6.45, 7) is 0. The van der Waals surface area contributed by atoms with Crippen LogP contribution < -0.4 is 10.6 Å². The van der Waals surface area contributed by atoms with Crippen LogP contribution in [-0.4, -0.2) is 38.3 Å². The zero-order valence-corrected chi connectivity index (χ0v) is 11.0. The predicted octanol–water partition coefficient (Wildman–Crippen LogP) is 1.03. The molecule has 8 nitrogen and oxygen atoms in total. The Bertz CT molecular complexity index is 461.